The van der Waals surface area contributed by atoms with Crippen LogP contribution in [-0.2, 0) is 22.6 Å². The van der Waals surface area contributed by atoms with Gasteiger partial charge in [0.15, 0.2) is 0 Å². The molecule has 10 nitrogen and oxygen atoms in total. The summed E-state index contributed by atoms with van der Waals surface area (Å²) in [7, 11) is 1.70. The number of hydrogen-bond donors (Lipinski definition) is 2. The van der Waals surface area contributed by atoms with Gasteiger partial charge in [-0.25, -0.2) is 14.8 Å². The predicted octanol–water partition coefficient (Wildman–Crippen LogP) is 4.34. The Labute approximate surface area is 260 Å². The van der Waals surface area contributed by atoms with Gasteiger partial charge in [-0.15, -0.1) is 0 Å². The van der Waals surface area contributed by atoms with Gasteiger partial charge in [-0.2, -0.15) is 0 Å². The fraction of sp³-hybridized carbons (Fsp3) is 0.273. The summed E-state index contributed by atoms with van der Waals surface area (Å²) in [5.41, 5.74) is 3.22. The lowest BCUT2D eigenvalue weighted by Gasteiger charge is -2.55. The highest BCUT2D eigenvalue weighted by molar-refractivity contribution is 6.35. The van der Waals surface area contributed by atoms with Crippen molar-refractivity contribution in [3.63, 3.8) is 0 Å². The van der Waals surface area contributed by atoms with Gasteiger partial charge < -0.3 is 20.2 Å². The van der Waals surface area contributed by atoms with Gasteiger partial charge in [-0.3, -0.25) is 14.6 Å². The average Bonchev–Trinajstić information content (AvgIpc) is 3.02. The normalized spacial score (nSPS) is 19.7. The summed E-state index contributed by atoms with van der Waals surface area (Å²) in [6.45, 7) is 2.27. The molecule has 2 aliphatic rings. The van der Waals surface area contributed by atoms with Crippen LogP contribution in [0, 0.1) is 0 Å². The highest BCUT2D eigenvalue weighted by atomic mass is 35.5. The molecule has 4 amide bonds. The van der Waals surface area contributed by atoms with Crippen LogP contribution in [0.1, 0.15) is 29.7 Å². The first-order valence-corrected chi connectivity index (χ1v) is 14.9. The van der Waals surface area contributed by atoms with Crippen LogP contribution < -0.4 is 5.32 Å². The van der Waals surface area contributed by atoms with Crippen molar-refractivity contribution in [3.05, 3.63) is 107 Å². The molecule has 3 atom stereocenters. The number of pyridine rings is 1. The summed E-state index contributed by atoms with van der Waals surface area (Å²) in [5.74, 6) is -0.369. The molecule has 0 unspecified atom stereocenters. The Morgan fingerprint density at radius 3 is 2.52 bits per heavy atom. The molecule has 2 aliphatic heterocycles. The van der Waals surface area contributed by atoms with E-state index in [9.17, 15) is 19.5 Å². The van der Waals surface area contributed by atoms with Crippen LogP contribution in [0.25, 0.3) is 10.9 Å². The molecule has 0 spiro atoms. The third-order valence-corrected chi connectivity index (χ3v) is 8.74. The number of amides is 4. The first kappa shape index (κ1) is 29.4. The molecule has 3 aromatic carbocycles. The summed E-state index contributed by atoms with van der Waals surface area (Å²) in [4.78, 5) is 49.7. The number of aromatic nitrogens is 1. The monoisotopic (exact) mass is 612 g/mol. The number of benzene rings is 3. The molecule has 2 fully saturated rings. The van der Waals surface area contributed by atoms with Gasteiger partial charge in [0.2, 0.25) is 11.8 Å². The lowest BCUT2D eigenvalue weighted by Crippen LogP contribution is -2.76. The van der Waals surface area contributed by atoms with Crippen LogP contribution in [0.4, 0.5) is 4.79 Å². The number of hydrogen-bond acceptors (Lipinski definition) is 6. The first-order valence-electron chi connectivity index (χ1n) is 14.5. The number of phenolic OH excluding ortho intramolecular Hbond substituents is 1. The van der Waals surface area contributed by atoms with Crippen molar-refractivity contribution in [1.82, 2.24) is 30.1 Å². The van der Waals surface area contributed by atoms with Gasteiger partial charge in [0.05, 0.1) is 24.6 Å². The number of rotatable bonds is 6. The number of nitrogens with one attached hydrogen (secondary N) is 1. The van der Waals surface area contributed by atoms with Crippen LogP contribution >= 0.6 is 11.6 Å². The Kier molecular flexibility index (Phi) is 8.11. The summed E-state index contributed by atoms with van der Waals surface area (Å²) in [5, 5.41) is 17.3. The topological polar surface area (TPSA) is 109 Å². The number of halogens is 1. The van der Waals surface area contributed by atoms with Gasteiger partial charge in [0, 0.05) is 42.2 Å². The van der Waals surface area contributed by atoms with E-state index >= 15 is 0 Å². The molecular weight excluding hydrogens is 580 g/mol. The molecule has 3 heterocycles. The molecule has 0 radical (unpaired) electrons. The smallest absolute Gasteiger partial charge is 0.334 e. The fourth-order valence-corrected chi connectivity index (χ4v) is 6.40. The zero-order valence-corrected chi connectivity index (χ0v) is 25.2. The molecule has 2 N–H and O–H groups in total. The maximum absolute atomic E-state index is 14.4. The summed E-state index contributed by atoms with van der Waals surface area (Å²) in [6.07, 6.45) is 1.15. The van der Waals surface area contributed by atoms with Crippen molar-refractivity contribution in [3.8, 4) is 5.75 Å². The Morgan fingerprint density at radius 1 is 1.02 bits per heavy atom. The second-order valence-electron chi connectivity index (χ2n) is 11.2. The third kappa shape index (κ3) is 5.54. The lowest BCUT2D eigenvalue weighted by atomic mass is 9.95. The molecule has 0 aliphatic carbocycles. The number of hydrazine groups is 1. The van der Waals surface area contributed by atoms with Gasteiger partial charge in [-0.05, 0) is 48.4 Å². The molecule has 4 aromatic rings. The van der Waals surface area contributed by atoms with E-state index in [0.29, 0.717) is 17.1 Å². The molecule has 44 heavy (non-hydrogen) atoms. The Morgan fingerprint density at radius 2 is 1.77 bits per heavy atom. The van der Waals surface area contributed by atoms with Gasteiger partial charge in [0.25, 0.3) is 0 Å². The maximum atomic E-state index is 14.4. The molecule has 11 heteroatoms. The second kappa shape index (κ2) is 12.1. The van der Waals surface area contributed by atoms with Crippen molar-refractivity contribution in [1.29, 1.82) is 0 Å². The number of fused-ring (bicyclic) bond motifs is 2. The average molecular weight is 613 g/mol. The molecule has 1 aromatic heterocycles. The van der Waals surface area contributed by atoms with Crippen LogP contribution in [-0.4, -0.2) is 80.1 Å². The van der Waals surface area contributed by atoms with E-state index in [1.807, 2.05) is 55.5 Å². The zero-order valence-electron chi connectivity index (χ0n) is 24.4. The number of phenols is 1. The van der Waals surface area contributed by atoms with E-state index in [0.717, 1.165) is 22.1 Å². The minimum absolute atomic E-state index is 0.0596. The maximum Gasteiger partial charge on any atom is 0.334 e. The van der Waals surface area contributed by atoms with Crippen molar-refractivity contribution in [2.45, 2.75) is 38.1 Å². The van der Waals surface area contributed by atoms with Crippen molar-refractivity contribution >= 4 is 40.3 Å². The first-order chi connectivity index (χ1) is 21.2. The Balaban J connectivity index is 1.38. The van der Waals surface area contributed by atoms with E-state index in [-0.39, 0.29) is 43.1 Å². The molecule has 6 rings (SSSR count). The largest absolute Gasteiger partial charge is 0.508 e. The highest BCUT2D eigenvalue weighted by Gasteiger charge is 2.51. The lowest BCUT2D eigenvalue weighted by molar-refractivity contribution is -0.189. The zero-order chi connectivity index (χ0) is 31.0. The number of aromatic hydroxyl groups is 1. The minimum atomic E-state index is -0.877. The van der Waals surface area contributed by atoms with Gasteiger partial charge >= 0.3 is 6.03 Å². The van der Waals surface area contributed by atoms with Crippen LogP contribution in [0.3, 0.4) is 0 Å². The van der Waals surface area contributed by atoms with Gasteiger partial charge in [-0.1, -0.05) is 60.1 Å². The van der Waals surface area contributed by atoms with Crippen LogP contribution in [0.15, 0.2) is 85.1 Å². The van der Waals surface area contributed by atoms with Gasteiger partial charge in [0.1, 0.15) is 18.0 Å². The predicted molar refractivity (Wildman–Crippen MR) is 166 cm³/mol. The number of urea groups is 1. The number of piperazine rings is 1. The Bertz CT molecular complexity index is 1700. The molecule has 2 saturated heterocycles. The molecule has 0 bridgehead atoms. The SMILES string of the molecule is C[C@@H](c1ccc(Cl)c2cccnc12)N1C[C@H]2N(C(=O)CN(C)N2C(=O)NCc2ccccc2)[C@@H](Cc2ccc(O)cc2)C1=O. The number of likely N-dealkylation sites (N-methyl/N-ethyl adjacent to an activating group) is 1. The summed E-state index contributed by atoms with van der Waals surface area (Å²) in [6, 6.07) is 21.9. The molecule has 0 saturated carbocycles. The number of carbonyl (C=O) groups excluding carboxylic acids is 3. The summed E-state index contributed by atoms with van der Waals surface area (Å²) >= 11 is 6.48. The van der Waals surface area contributed by atoms with E-state index in [1.165, 1.54) is 0 Å². The third-order valence-electron chi connectivity index (χ3n) is 8.41. The van der Waals surface area contributed by atoms with E-state index in [2.05, 4.69) is 10.3 Å². The minimum Gasteiger partial charge on any atom is -0.508 e. The highest BCUT2D eigenvalue weighted by Crippen LogP contribution is 2.36. The quantitative estimate of drug-likeness (QED) is 0.335. The van der Waals surface area contributed by atoms with E-state index in [4.69, 9.17) is 11.6 Å². The Hall–Kier alpha value is -4.67. The van der Waals surface area contributed by atoms with Crippen molar-refractivity contribution in [2.24, 2.45) is 0 Å². The van der Waals surface area contributed by atoms with E-state index < -0.39 is 18.2 Å². The molecule has 226 valence electrons. The summed E-state index contributed by atoms with van der Waals surface area (Å²) < 4.78 is 0. The fourth-order valence-electron chi connectivity index (χ4n) is 6.19. The van der Waals surface area contributed by atoms with E-state index in [1.54, 1.807) is 63.4 Å². The molecular formula is C33H33ClN6O4. The van der Waals surface area contributed by atoms with Crippen molar-refractivity contribution < 1.29 is 19.5 Å². The number of carbonyl (C=O) groups is 3. The van der Waals surface area contributed by atoms with Crippen LogP contribution in [0.2, 0.25) is 5.02 Å². The second-order valence-corrected chi connectivity index (χ2v) is 11.6. The van der Waals surface area contributed by atoms with Crippen LogP contribution in [0.5, 0.6) is 5.75 Å². The van der Waals surface area contributed by atoms with Crippen molar-refractivity contribution in [2.75, 3.05) is 20.1 Å². The number of nitrogens with zero attached hydrogens (tertiary/aromatic N) is 5. The standard InChI is InChI=1S/C33H33ClN6O4/c1-21(25-14-15-27(34)26-9-6-16-35-31(25)26)38-19-29-39(28(32(38)43)17-22-10-12-24(41)13-11-22)30(42)20-37(2)40(29)33(44)36-18-23-7-4-3-5-8-23/h3-16,21,28-29,41H,17-20H2,1-2H3,(H,36,44)/t21-,28-,29-/m0/s1.